The number of ether oxygens (including phenoxy) is 3. The van der Waals surface area contributed by atoms with Gasteiger partial charge in [0.1, 0.15) is 18.2 Å². The van der Waals surface area contributed by atoms with Gasteiger partial charge in [-0.15, -0.1) is 0 Å². The summed E-state index contributed by atoms with van der Waals surface area (Å²) in [4.78, 5) is 26.0. The van der Waals surface area contributed by atoms with Crippen molar-refractivity contribution in [1.29, 1.82) is 0 Å². The lowest BCUT2D eigenvalue weighted by Crippen LogP contribution is -2.44. The molecule has 1 saturated heterocycles. The van der Waals surface area contributed by atoms with Crippen molar-refractivity contribution in [2.45, 2.75) is 13.5 Å². The molecule has 1 aliphatic rings. The van der Waals surface area contributed by atoms with Gasteiger partial charge >= 0.3 is 0 Å². The zero-order chi connectivity index (χ0) is 27.2. The third-order valence-corrected chi connectivity index (χ3v) is 7.21. The van der Waals surface area contributed by atoms with Crippen LogP contribution in [0.2, 0.25) is 0 Å². The van der Waals surface area contributed by atoms with E-state index in [9.17, 15) is 14.0 Å². The average Bonchev–Trinajstić information content (AvgIpc) is 3.16. The number of thioether (sulfide) groups is 1. The normalized spacial score (nSPS) is 14.1. The van der Waals surface area contributed by atoms with E-state index in [1.165, 1.54) is 13.2 Å². The van der Waals surface area contributed by atoms with Crippen molar-refractivity contribution in [3.8, 4) is 17.2 Å². The van der Waals surface area contributed by atoms with Crippen LogP contribution in [0.1, 0.15) is 28.4 Å². The van der Waals surface area contributed by atoms with Gasteiger partial charge in [-0.2, -0.15) is 5.01 Å². The highest BCUT2D eigenvalue weighted by Gasteiger charge is 2.34. The zero-order valence-electron chi connectivity index (χ0n) is 20.3. The average molecular weight is 618 g/mol. The van der Waals surface area contributed by atoms with Gasteiger partial charge in [-0.3, -0.25) is 15.0 Å². The number of methoxy groups -OCH3 is 1. The van der Waals surface area contributed by atoms with Crippen LogP contribution in [0.5, 0.6) is 17.2 Å². The maximum Gasteiger partial charge on any atom is 0.285 e. The first-order valence-electron chi connectivity index (χ1n) is 11.4. The molecule has 0 radical (unpaired) electrons. The Morgan fingerprint density at radius 3 is 2.58 bits per heavy atom. The molecule has 3 aromatic carbocycles. The van der Waals surface area contributed by atoms with E-state index in [2.05, 4.69) is 21.4 Å². The third kappa shape index (κ3) is 6.35. The molecule has 0 aromatic heterocycles. The highest BCUT2D eigenvalue weighted by molar-refractivity contribution is 9.10. The Labute approximate surface area is 237 Å². The topological polar surface area (TPSA) is 77.1 Å². The molecule has 7 nitrogen and oxygen atoms in total. The Bertz CT molecular complexity index is 1420. The van der Waals surface area contributed by atoms with Crippen LogP contribution in [-0.4, -0.2) is 34.9 Å². The Balaban J connectivity index is 1.52. The lowest BCUT2D eigenvalue weighted by Gasteiger charge is -2.16. The summed E-state index contributed by atoms with van der Waals surface area (Å²) in [5.41, 5.74) is 3.95. The molecule has 11 heteroatoms. The van der Waals surface area contributed by atoms with Gasteiger partial charge in [-0.25, -0.2) is 4.39 Å². The van der Waals surface area contributed by atoms with Crippen molar-refractivity contribution in [2.24, 2.45) is 0 Å². The van der Waals surface area contributed by atoms with Crippen molar-refractivity contribution in [3.05, 3.63) is 92.5 Å². The quantitative estimate of drug-likeness (QED) is 0.229. The smallest absolute Gasteiger partial charge is 0.285 e. The number of carbonyl (C=O) groups excluding carboxylic acids is 2. The summed E-state index contributed by atoms with van der Waals surface area (Å²) in [6.45, 7) is 2.21. The maximum atomic E-state index is 14.0. The van der Waals surface area contributed by atoms with E-state index in [0.29, 0.717) is 49.9 Å². The summed E-state index contributed by atoms with van der Waals surface area (Å²) in [6, 6.07) is 16.3. The minimum Gasteiger partial charge on any atom is -0.497 e. The van der Waals surface area contributed by atoms with Gasteiger partial charge in [0.15, 0.2) is 15.8 Å². The summed E-state index contributed by atoms with van der Waals surface area (Å²) >= 11 is 9.89. The predicted octanol–water partition coefficient (Wildman–Crippen LogP) is 6.12. The zero-order valence-corrected chi connectivity index (χ0v) is 23.5. The van der Waals surface area contributed by atoms with Crippen LogP contribution in [0.25, 0.3) is 6.08 Å². The Morgan fingerprint density at radius 2 is 1.89 bits per heavy atom. The molecule has 1 fully saturated rings. The van der Waals surface area contributed by atoms with Crippen molar-refractivity contribution in [1.82, 2.24) is 10.4 Å². The number of thiocarbonyl (C=S) groups is 1. The Morgan fingerprint density at radius 1 is 1.16 bits per heavy atom. The van der Waals surface area contributed by atoms with Crippen LogP contribution in [0.4, 0.5) is 4.39 Å². The van der Waals surface area contributed by atoms with Crippen molar-refractivity contribution < 1.29 is 28.2 Å². The molecule has 196 valence electrons. The van der Waals surface area contributed by atoms with Gasteiger partial charge < -0.3 is 14.2 Å². The van der Waals surface area contributed by atoms with Crippen LogP contribution >= 0.6 is 39.9 Å². The number of rotatable bonds is 9. The number of amides is 2. The minimum atomic E-state index is -0.483. The van der Waals surface area contributed by atoms with Gasteiger partial charge in [-0.1, -0.05) is 30.0 Å². The minimum absolute atomic E-state index is 0.0112. The molecule has 0 aliphatic carbocycles. The highest BCUT2D eigenvalue weighted by atomic mass is 79.9. The first kappa shape index (κ1) is 27.6. The second-order valence-electron chi connectivity index (χ2n) is 7.83. The van der Waals surface area contributed by atoms with Crippen molar-refractivity contribution in [3.63, 3.8) is 0 Å². The molecule has 0 bridgehead atoms. The monoisotopic (exact) mass is 616 g/mol. The van der Waals surface area contributed by atoms with E-state index in [1.807, 2.05) is 6.92 Å². The molecule has 1 heterocycles. The van der Waals surface area contributed by atoms with Gasteiger partial charge in [-0.05, 0) is 89.2 Å². The molecule has 38 heavy (non-hydrogen) atoms. The molecular formula is C27H22BrFN2O5S2. The summed E-state index contributed by atoms with van der Waals surface area (Å²) < 4.78 is 31.5. The van der Waals surface area contributed by atoms with Crippen LogP contribution in [0, 0.1) is 5.82 Å². The van der Waals surface area contributed by atoms with E-state index in [-0.39, 0.29) is 16.7 Å². The number of nitrogens with zero attached hydrogens (tertiary/aromatic N) is 1. The molecule has 0 unspecified atom stereocenters. The lowest BCUT2D eigenvalue weighted by atomic mass is 10.1. The third-order valence-electron chi connectivity index (χ3n) is 5.32. The van der Waals surface area contributed by atoms with E-state index in [4.69, 9.17) is 26.4 Å². The molecule has 4 rings (SSSR count). The standard InChI is InChI=1S/C27H22BrFN2O5S2/c1-3-35-22-13-16(12-20(28)24(22)36-15-18-6-4-5-7-21(18)29)14-23-26(33)31(27(37)38-23)30-25(32)17-8-10-19(34-2)11-9-17/h4-14H,3,15H2,1-2H3,(H,30,32)/b23-14-. The molecule has 0 atom stereocenters. The number of hydrogen-bond donors (Lipinski definition) is 1. The van der Waals surface area contributed by atoms with Crippen LogP contribution in [0.3, 0.4) is 0 Å². The number of benzene rings is 3. The second kappa shape index (κ2) is 12.4. The molecule has 1 aliphatic heterocycles. The maximum absolute atomic E-state index is 14.0. The summed E-state index contributed by atoms with van der Waals surface area (Å²) in [5.74, 6) is 0.133. The van der Waals surface area contributed by atoms with Crippen LogP contribution in [-0.2, 0) is 11.4 Å². The fourth-order valence-corrected chi connectivity index (χ4v) is 5.22. The number of nitrogens with one attached hydrogen (secondary N) is 1. The van der Waals surface area contributed by atoms with E-state index >= 15 is 0 Å². The largest absolute Gasteiger partial charge is 0.497 e. The number of hydrazine groups is 1. The number of hydrogen-bond acceptors (Lipinski definition) is 7. The first-order chi connectivity index (χ1) is 18.3. The molecule has 1 N–H and O–H groups in total. The van der Waals surface area contributed by atoms with Crippen molar-refractivity contribution >= 4 is 62.1 Å². The Hall–Kier alpha value is -3.41. The van der Waals surface area contributed by atoms with E-state index < -0.39 is 11.8 Å². The summed E-state index contributed by atoms with van der Waals surface area (Å²) in [7, 11) is 1.53. The second-order valence-corrected chi connectivity index (χ2v) is 10.4. The van der Waals surface area contributed by atoms with E-state index in [0.717, 1.165) is 16.8 Å². The first-order valence-corrected chi connectivity index (χ1v) is 13.4. The SMILES string of the molecule is CCOc1cc(/C=C2\SC(=S)N(NC(=O)c3ccc(OC)cc3)C2=O)cc(Br)c1OCc1ccccc1F. The van der Waals surface area contributed by atoms with Crippen LogP contribution < -0.4 is 19.6 Å². The summed E-state index contributed by atoms with van der Waals surface area (Å²) in [6.07, 6.45) is 1.65. The van der Waals surface area contributed by atoms with Crippen molar-refractivity contribution in [2.75, 3.05) is 13.7 Å². The van der Waals surface area contributed by atoms with Crippen LogP contribution in [0.15, 0.2) is 70.0 Å². The molecule has 2 amide bonds. The summed E-state index contributed by atoms with van der Waals surface area (Å²) in [5, 5.41) is 1.04. The van der Waals surface area contributed by atoms with Gasteiger partial charge in [0, 0.05) is 11.1 Å². The molecule has 3 aromatic rings. The van der Waals surface area contributed by atoms with Gasteiger partial charge in [0.05, 0.1) is 23.1 Å². The molecule has 0 saturated carbocycles. The highest BCUT2D eigenvalue weighted by Crippen LogP contribution is 2.39. The predicted molar refractivity (Wildman–Crippen MR) is 152 cm³/mol. The van der Waals surface area contributed by atoms with Gasteiger partial charge in [0.2, 0.25) is 0 Å². The van der Waals surface area contributed by atoms with E-state index in [1.54, 1.807) is 60.7 Å². The number of carbonyl (C=O) groups is 2. The molecule has 0 spiro atoms. The number of halogens is 2. The molecular weight excluding hydrogens is 595 g/mol. The lowest BCUT2D eigenvalue weighted by molar-refractivity contribution is -0.123. The Kier molecular flexibility index (Phi) is 9.03. The fraction of sp³-hybridized carbons (Fsp3) is 0.148. The van der Waals surface area contributed by atoms with Gasteiger partial charge in [0.25, 0.3) is 11.8 Å². The fourth-order valence-electron chi connectivity index (χ4n) is 3.46.